The molecule has 0 aliphatic carbocycles. The molecule has 0 saturated carbocycles. The largest absolute Gasteiger partial charge is 0.465 e. The zero-order valence-electron chi connectivity index (χ0n) is 15.0. The molecule has 0 radical (unpaired) electrons. The number of thiophene rings is 1. The third-order valence-corrected chi connectivity index (χ3v) is 5.37. The van der Waals surface area contributed by atoms with Crippen LogP contribution < -0.4 is 5.32 Å². The fourth-order valence-corrected chi connectivity index (χ4v) is 4.10. The number of methoxy groups -OCH3 is 1. The average molecular weight is 410 g/mol. The monoisotopic (exact) mass is 409 g/mol. The summed E-state index contributed by atoms with van der Waals surface area (Å²) in [6, 6.07) is 17.4. The number of hydrogen-bond donors (Lipinski definition) is 1. The van der Waals surface area contributed by atoms with Gasteiger partial charge in [0.15, 0.2) is 0 Å². The van der Waals surface area contributed by atoms with Crippen molar-refractivity contribution >= 4 is 44.9 Å². The molecule has 7 heteroatoms. The molecule has 0 bridgehead atoms. The summed E-state index contributed by atoms with van der Waals surface area (Å²) in [5.74, 6) is 0.335. The van der Waals surface area contributed by atoms with Crippen molar-refractivity contribution in [3.63, 3.8) is 0 Å². The van der Waals surface area contributed by atoms with Crippen molar-refractivity contribution in [2.45, 2.75) is 6.54 Å². The van der Waals surface area contributed by atoms with Crippen LogP contribution in [-0.2, 0) is 11.3 Å². The Hall–Kier alpha value is -2.96. The molecule has 0 aliphatic heterocycles. The van der Waals surface area contributed by atoms with Gasteiger partial charge in [0.1, 0.15) is 10.6 Å². The van der Waals surface area contributed by atoms with E-state index in [4.69, 9.17) is 16.3 Å². The summed E-state index contributed by atoms with van der Waals surface area (Å²) in [6.07, 6.45) is 0. The minimum absolute atomic E-state index is 0.206. The Morgan fingerprint density at radius 3 is 2.57 bits per heavy atom. The average Bonchev–Trinajstić information content (AvgIpc) is 3.16. The summed E-state index contributed by atoms with van der Waals surface area (Å²) in [7, 11) is 1.37. The van der Waals surface area contributed by atoms with Gasteiger partial charge in [0, 0.05) is 17.5 Å². The highest BCUT2D eigenvalue weighted by atomic mass is 35.5. The zero-order chi connectivity index (χ0) is 19.5. The second-order valence-corrected chi connectivity index (χ2v) is 7.28. The summed E-state index contributed by atoms with van der Waals surface area (Å²) in [5, 5.41) is 6.59. The van der Waals surface area contributed by atoms with Gasteiger partial charge in [-0.05, 0) is 34.9 Å². The standard InChI is InChI=1S/C21H16ClN3O2S/c1-27-20(26)15-9-7-13(8-10-15)11-23-18-17-16(14-5-3-2-4-6-14)12-28-19(17)25-21(22)24-18/h2-10,12H,11H2,1H3,(H,23,24,25). The molecule has 2 heterocycles. The van der Waals surface area contributed by atoms with E-state index in [1.807, 2.05) is 30.3 Å². The van der Waals surface area contributed by atoms with E-state index in [1.165, 1.54) is 18.4 Å². The van der Waals surface area contributed by atoms with Crippen molar-refractivity contribution in [1.82, 2.24) is 9.97 Å². The minimum Gasteiger partial charge on any atom is -0.465 e. The van der Waals surface area contributed by atoms with Crippen LogP contribution in [-0.4, -0.2) is 23.0 Å². The zero-order valence-corrected chi connectivity index (χ0v) is 16.6. The fraction of sp³-hybridized carbons (Fsp3) is 0.0952. The van der Waals surface area contributed by atoms with Crippen LogP contribution in [0.5, 0.6) is 0 Å². The van der Waals surface area contributed by atoms with Crippen molar-refractivity contribution in [1.29, 1.82) is 0 Å². The SMILES string of the molecule is COC(=O)c1ccc(CNc2nc(Cl)nc3scc(-c4ccccc4)c23)cc1. The second-order valence-electron chi connectivity index (χ2n) is 6.08. The van der Waals surface area contributed by atoms with Gasteiger partial charge in [0.05, 0.1) is 18.1 Å². The van der Waals surface area contributed by atoms with E-state index < -0.39 is 0 Å². The van der Waals surface area contributed by atoms with Crippen molar-refractivity contribution in [2.75, 3.05) is 12.4 Å². The smallest absolute Gasteiger partial charge is 0.337 e. The van der Waals surface area contributed by atoms with Gasteiger partial charge >= 0.3 is 5.97 Å². The van der Waals surface area contributed by atoms with Gasteiger partial charge in [-0.1, -0.05) is 42.5 Å². The number of fused-ring (bicyclic) bond motifs is 1. The van der Waals surface area contributed by atoms with Crippen LogP contribution in [0.2, 0.25) is 5.28 Å². The van der Waals surface area contributed by atoms with E-state index in [9.17, 15) is 4.79 Å². The molecule has 0 saturated heterocycles. The Bertz CT molecular complexity index is 1130. The summed E-state index contributed by atoms with van der Waals surface area (Å²) < 4.78 is 4.73. The maximum Gasteiger partial charge on any atom is 0.337 e. The number of nitrogens with one attached hydrogen (secondary N) is 1. The van der Waals surface area contributed by atoms with Crippen LogP contribution in [0.15, 0.2) is 60.0 Å². The van der Waals surface area contributed by atoms with Gasteiger partial charge in [-0.15, -0.1) is 11.3 Å². The number of carbonyl (C=O) groups excluding carboxylic acids is 1. The Labute approximate surface area is 171 Å². The highest BCUT2D eigenvalue weighted by Gasteiger charge is 2.15. The van der Waals surface area contributed by atoms with Crippen LogP contribution in [0.25, 0.3) is 21.3 Å². The molecule has 28 heavy (non-hydrogen) atoms. The van der Waals surface area contributed by atoms with Gasteiger partial charge in [-0.25, -0.2) is 14.8 Å². The quantitative estimate of drug-likeness (QED) is 0.352. The molecular formula is C21H16ClN3O2S. The first-order valence-corrected chi connectivity index (χ1v) is 9.83. The molecule has 0 amide bonds. The number of esters is 1. The van der Waals surface area contributed by atoms with Gasteiger partial charge < -0.3 is 10.1 Å². The molecule has 4 aromatic rings. The summed E-state index contributed by atoms with van der Waals surface area (Å²) in [4.78, 5) is 21.2. The van der Waals surface area contributed by atoms with Crippen molar-refractivity contribution in [2.24, 2.45) is 0 Å². The molecule has 140 valence electrons. The Morgan fingerprint density at radius 2 is 1.86 bits per heavy atom. The molecule has 0 aliphatic rings. The lowest BCUT2D eigenvalue weighted by Crippen LogP contribution is -2.04. The lowest BCUT2D eigenvalue weighted by Gasteiger charge is -2.10. The van der Waals surface area contributed by atoms with Crippen LogP contribution in [0, 0.1) is 0 Å². The number of anilines is 1. The first kappa shape index (κ1) is 18.4. The number of carbonyl (C=O) groups is 1. The van der Waals surface area contributed by atoms with Crippen LogP contribution >= 0.6 is 22.9 Å². The minimum atomic E-state index is -0.352. The van der Waals surface area contributed by atoms with E-state index in [0.29, 0.717) is 17.9 Å². The van der Waals surface area contributed by atoms with Crippen LogP contribution in [0.1, 0.15) is 15.9 Å². The predicted molar refractivity (Wildman–Crippen MR) is 113 cm³/mol. The van der Waals surface area contributed by atoms with E-state index in [0.717, 1.165) is 26.9 Å². The molecule has 2 aromatic heterocycles. The third-order valence-electron chi connectivity index (χ3n) is 4.33. The van der Waals surface area contributed by atoms with Crippen molar-refractivity contribution < 1.29 is 9.53 Å². The number of ether oxygens (including phenoxy) is 1. The lowest BCUT2D eigenvalue weighted by molar-refractivity contribution is 0.0600. The Morgan fingerprint density at radius 1 is 1.11 bits per heavy atom. The second kappa shape index (κ2) is 7.96. The number of halogens is 1. The van der Waals surface area contributed by atoms with Gasteiger partial charge in [0.25, 0.3) is 0 Å². The highest BCUT2D eigenvalue weighted by Crippen LogP contribution is 2.37. The Kier molecular flexibility index (Phi) is 5.23. The van der Waals surface area contributed by atoms with E-state index >= 15 is 0 Å². The van der Waals surface area contributed by atoms with Gasteiger partial charge in [0.2, 0.25) is 5.28 Å². The maximum atomic E-state index is 11.6. The Balaban J connectivity index is 1.65. The molecule has 2 aromatic carbocycles. The molecule has 0 unspecified atom stereocenters. The normalized spacial score (nSPS) is 10.8. The summed E-state index contributed by atoms with van der Waals surface area (Å²) in [6.45, 7) is 0.536. The van der Waals surface area contributed by atoms with E-state index in [-0.39, 0.29) is 11.3 Å². The number of benzene rings is 2. The molecule has 1 N–H and O–H groups in total. The topological polar surface area (TPSA) is 64.1 Å². The van der Waals surface area contributed by atoms with Crippen molar-refractivity contribution in [3.05, 3.63) is 76.4 Å². The van der Waals surface area contributed by atoms with E-state index in [1.54, 1.807) is 12.1 Å². The fourth-order valence-electron chi connectivity index (χ4n) is 2.94. The molecule has 0 spiro atoms. The number of hydrogen-bond acceptors (Lipinski definition) is 6. The number of nitrogens with zero attached hydrogens (tertiary/aromatic N) is 2. The third kappa shape index (κ3) is 3.69. The highest BCUT2D eigenvalue weighted by molar-refractivity contribution is 7.17. The lowest BCUT2D eigenvalue weighted by atomic mass is 10.1. The van der Waals surface area contributed by atoms with Gasteiger partial charge in [-0.3, -0.25) is 0 Å². The molecule has 4 rings (SSSR count). The summed E-state index contributed by atoms with van der Waals surface area (Å²) >= 11 is 7.66. The van der Waals surface area contributed by atoms with Crippen LogP contribution in [0.4, 0.5) is 5.82 Å². The predicted octanol–water partition coefficient (Wildman–Crippen LogP) is 5.41. The van der Waals surface area contributed by atoms with Crippen LogP contribution in [0.3, 0.4) is 0 Å². The first-order valence-electron chi connectivity index (χ1n) is 8.57. The van der Waals surface area contributed by atoms with E-state index in [2.05, 4.69) is 32.8 Å². The number of rotatable bonds is 5. The molecule has 5 nitrogen and oxygen atoms in total. The number of aromatic nitrogens is 2. The molecule has 0 fully saturated rings. The molecule has 0 atom stereocenters. The summed E-state index contributed by atoms with van der Waals surface area (Å²) in [5.41, 5.74) is 3.70. The van der Waals surface area contributed by atoms with Crippen molar-refractivity contribution in [3.8, 4) is 11.1 Å². The maximum absolute atomic E-state index is 11.6. The first-order chi connectivity index (χ1) is 13.7. The van der Waals surface area contributed by atoms with Gasteiger partial charge in [-0.2, -0.15) is 0 Å². The molecular weight excluding hydrogens is 394 g/mol.